The zero-order valence-electron chi connectivity index (χ0n) is 14.2. The van der Waals surface area contributed by atoms with E-state index in [1.807, 2.05) is 35.2 Å². The summed E-state index contributed by atoms with van der Waals surface area (Å²) in [5.41, 5.74) is 2.34. The molecule has 5 heteroatoms. The van der Waals surface area contributed by atoms with Crippen LogP contribution in [0.5, 0.6) is 11.5 Å². The van der Waals surface area contributed by atoms with Crippen molar-refractivity contribution in [2.75, 3.05) is 37.9 Å². The highest BCUT2D eigenvalue weighted by molar-refractivity contribution is 5.76. The van der Waals surface area contributed by atoms with Crippen molar-refractivity contribution >= 4 is 11.6 Å². The van der Waals surface area contributed by atoms with Crippen LogP contribution in [0.3, 0.4) is 0 Å². The lowest BCUT2D eigenvalue weighted by Gasteiger charge is -2.36. The van der Waals surface area contributed by atoms with Crippen LogP contribution >= 0.6 is 0 Å². The Hall–Kier alpha value is -2.69. The van der Waals surface area contributed by atoms with Gasteiger partial charge in [-0.25, -0.2) is 0 Å². The van der Waals surface area contributed by atoms with Gasteiger partial charge in [-0.1, -0.05) is 30.3 Å². The van der Waals surface area contributed by atoms with E-state index in [2.05, 4.69) is 23.1 Å². The number of carbonyl (C=O) groups excluding carboxylic acids is 1. The van der Waals surface area contributed by atoms with Crippen LogP contribution in [0.2, 0.25) is 0 Å². The molecule has 0 bridgehead atoms. The number of amides is 1. The van der Waals surface area contributed by atoms with Gasteiger partial charge >= 0.3 is 0 Å². The van der Waals surface area contributed by atoms with Gasteiger partial charge in [0.1, 0.15) is 0 Å². The number of benzene rings is 2. The van der Waals surface area contributed by atoms with E-state index in [1.54, 1.807) is 0 Å². The quantitative estimate of drug-likeness (QED) is 0.860. The zero-order chi connectivity index (χ0) is 17.1. The second-order valence-electron chi connectivity index (χ2n) is 6.39. The third-order valence-corrected chi connectivity index (χ3v) is 4.82. The van der Waals surface area contributed by atoms with E-state index in [4.69, 9.17) is 9.47 Å². The van der Waals surface area contributed by atoms with E-state index in [0.29, 0.717) is 13.2 Å². The Kier molecular flexibility index (Phi) is 4.46. The van der Waals surface area contributed by atoms with Crippen molar-refractivity contribution in [1.82, 2.24) is 4.90 Å². The molecule has 1 saturated heterocycles. The smallest absolute Gasteiger partial charge is 0.231 e. The molecule has 0 atom stereocenters. The van der Waals surface area contributed by atoms with Crippen LogP contribution in [0.4, 0.5) is 5.69 Å². The van der Waals surface area contributed by atoms with Gasteiger partial charge in [0.2, 0.25) is 12.7 Å². The maximum Gasteiger partial charge on any atom is 0.231 e. The van der Waals surface area contributed by atoms with Gasteiger partial charge in [-0.3, -0.25) is 4.79 Å². The monoisotopic (exact) mass is 338 g/mol. The Bertz CT molecular complexity index is 740. The predicted molar refractivity (Wildman–Crippen MR) is 96.1 cm³/mol. The SMILES string of the molecule is O=C(CCc1ccccc1)N1CCN(c2ccc3c(c2)OCO3)CC1. The van der Waals surface area contributed by atoms with Crippen molar-refractivity contribution in [1.29, 1.82) is 0 Å². The van der Waals surface area contributed by atoms with Crippen LogP contribution in [0.1, 0.15) is 12.0 Å². The number of hydrogen-bond donors (Lipinski definition) is 0. The highest BCUT2D eigenvalue weighted by Gasteiger charge is 2.22. The summed E-state index contributed by atoms with van der Waals surface area (Å²) < 4.78 is 10.8. The molecule has 0 N–H and O–H groups in total. The molecule has 2 aliphatic rings. The second kappa shape index (κ2) is 7.05. The number of ether oxygens (including phenoxy) is 2. The standard InChI is InChI=1S/C20H22N2O3/c23-20(9-6-16-4-2-1-3-5-16)22-12-10-21(11-13-22)17-7-8-18-19(14-17)25-15-24-18/h1-5,7-8,14H,6,9-13,15H2. The second-order valence-corrected chi connectivity index (χ2v) is 6.39. The average Bonchev–Trinajstić information content (AvgIpc) is 3.15. The summed E-state index contributed by atoms with van der Waals surface area (Å²) in [5.74, 6) is 1.85. The maximum absolute atomic E-state index is 12.4. The van der Waals surface area contributed by atoms with E-state index >= 15 is 0 Å². The fraction of sp³-hybridized carbons (Fsp3) is 0.350. The molecule has 0 radical (unpaired) electrons. The summed E-state index contributed by atoms with van der Waals surface area (Å²) in [4.78, 5) is 16.7. The van der Waals surface area contributed by atoms with E-state index in [9.17, 15) is 4.79 Å². The van der Waals surface area contributed by atoms with Gasteiger partial charge in [0.25, 0.3) is 0 Å². The minimum absolute atomic E-state index is 0.245. The predicted octanol–water partition coefficient (Wildman–Crippen LogP) is 2.70. The number of nitrogens with zero attached hydrogens (tertiary/aromatic N) is 2. The molecule has 0 saturated carbocycles. The Morgan fingerprint density at radius 1 is 0.920 bits per heavy atom. The summed E-state index contributed by atoms with van der Waals surface area (Å²) in [5, 5.41) is 0. The molecule has 1 amide bonds. The van der Waals surface area contributed by atoms with Gasteiger partial charge in [0.05, 0.1) is 0 Å². The van der Waals surface area contributed by atoms with Crippen LogP contribution in [-0.4, -0.2) is 43.8 Å². The van der Waals surface area contributed by atoms with Crippen molar-refractivity contribution in [2.24, 2.45) is 0 Å². The Balaban J connectivity index is 1.30. The Labute approximate surface area is 147 Å². The molecule has 25 heavy (non-hydrogen) atoms. The van der Waals surface area contributed by atoms with E-state index < -0.39 is 0 Å². The van der Waals surface area contributed by atoms with Crippen LogP contribution < -0.4 is 14.4 Å². The first-order valence-electron chi connectivity index (χ1n) is 8.76. The minimum atomic E-state index is 0.245. The average molecular weight is 338 g/mol. The molecule has 130 valence electrons. The summed E-state index contributed by atoms with van der Waals surface area (Å²) in [6.45, 7) is 3.51. The molecule has 0 spiro atoms. The summed E-state index contributed by atoms with van der Waals surface area (Å²) in [6.07, 6.45) is 1.39. The van der Waals surface area contributed by atoms with Crippen molar-refractivity contribution in [3.63, 3.8) is 0 Å². The number of fused-ring (bicyclic) bond motifs is 1. The van der Waals surface area contributed by atoms with Crippen molar-refractivity contribution in [2.45, 2.75) is 12.8 Å². The van der Waals surface area contributed by atoms with Gasteiger partial charge in [-0.05, 0) is 24.1 Å². The fourth-order valence-corrected chi connectivity index (χ4v) is 3.35. The van der Waals surface area contributed by atoms with Crippen LogP contribution in [0.25, 0.3) is 0 Å². The molecule has 4 rings (SSSR count). The molecule has 5 nitrogen and oxygen atoms in total. The van der Waals surface area contributed by atoms with E-state index in [-0.39, 0.29) is 5.91 Å². The lowest BCUT2D eigenvalue weighted by molar-refractivity contribution is -0.131. The first-order valence-corrected chi connectivity index (χ1v) is 8.76. The van der Waals surface area contributed by atoms with Crippen molar-refractivity contribution in [3.8, 4) is 11.5 Å². The maximum atomic E-state index is 12.4. The summed E-state index contributed by atoms with van der Waals surface area (Å²) in [7, 11) is 0. The first kappa shape index (κ1) is 15.8. The molecule has 2 aromatic rings. The van der Waals surface area contributed by atoms with Gasteiger partial charge < -0.3 is 19.3 Å². The van der Waals surface area contributed by atoms with Gasteiger partial charge in [0, 0.05) is 44.4 Å². The molecule has 2 aromatic carbocycles. The number of piperazine rings is 1. The molecular formula is C20H22N2O3. The Morgan fingerprint density at radius 2 is 1.68 bits per heavy atom. The summed E-state index contributed by atoms with van der Waals surface area (Å²) >= 11 is 0. The third-order valence-electron chi connectivity index (χ3n) is 4.82. The summed E-state index contributed by atoms with van der Waals surface area (Å²) in [6, 6.07) is 16.2. The molecule has 0 aliphatic carbocycles. The van der Waals surface area contributed by atoms with Crippen LogP contribution in [-0.2, 0) is 11.2 Å². The van der Waals surface area contributed by atoms with Gasteiger partial charge in [-0.15, -0.1) is 0 Å². The lowest BCUT2D eigenvalue weighted by atomic mass is 10.1. The number of hydrogen-bond acceptors (Lipinski definition) is 4. The highest BCUT2D eigenvalue weighted by atomic mass is 16.7. The fourth-order valence-electron chi connectivity index (χ4n) is 3.35. The molecule has 2 heterocycles. The Morgan fingerprint density at radius 3 is 2.48 bits per heavy atom. The normalized spacial score (nSPS) is 16.2. The number of rotatable bonds is 4. The zero-order valence-corrected chi connectivity index (χ0v) is 14.2. The largest absolute Gasteiger partial charge is 0.454 e. The molecule has 1 fully saturated rings. The van der Waals surface area contributed by atoms with Gasteiger partial charge in [-0.2, -0.15) is 0 Å². The van der Waals surface area contributed by atoms with E-state index in [0.717, 1.165) is 49.8 Å². The topological polar surface area (TPSA) is 42.0 Å². The lowest BCUT2D eigenvalue weighted by Crippen LogP contribution is -2.48. The number of anilines is 1. The number of carbonyl (C=O) groups is 1. The third kappa shape index (κ3) is 3.55. The minimum Gasteiger partial charge on any atom is -0.454 e. The molecule has 0 unspecified atom stereocenters. The van der Waals surface area contributed by atoms with Crippen LogP contribution in [0, 0.1) is 0 Å². The molecular weight excluding hydrogens is 316 g/mol. The highest BCUT2D eigenvalue weighted by Crippen LogP contribution is 2.35. The van der Waals surface area contributed by atoms with Crippen molar-refractivity contribution in [3.05, 3.63) is 54.1 Å². The molecule has 0 aromatic heterocycles. The van der Waals surface area contributed by atoms with Gasteiger partial charge in [0.15, 0.2) is 11.5 Å². The van der Waals surface area contributed by atoms with Crippen LogP contribution in [0.15, 0.2) is 48.5 Å². The first-order chi connectivity index (χ1) is 12.3. The van der Waals surface area contributed by atoms with E-state index in [1.165, 1.54) is 5.56 Å². The molecule has 2 aliphatic heterocycles. The van der Waals surface area contributed by atoms with Crippen molar-refractivity contribution < 1.29 is 14.3 Å². The number of aryl methyl sites for hydroxylation is 1.